The minimum Gasteiger partial charge on any atom is -0.508 e. The first-order valence-electron chi connectivity index (χ1n) is 13.0. The molecule has 3 aromatic carbocycles. The van der Waals surface area contributed by atoms with Gasteiger partial charge in [0.05, 0.1) is 43.8 Å². The third-order valence-corrected chi connectivity index (χ3v) is 6.50. The lowest BCUT2D eigenvalue weighted by molar-refractivity contribution is 0.0774. The molecule has 0 spiro atoms. The van der Waals surface area contributed by atoms with E-state index in [1.54, 1.807) is 50.6 Å². The van der Waals surface area contributed by atoms with E-state index in [1.807, 2.05) is 17.2 Å². The topological polar surface area (TPSA) is 116 Å². The van der Waals surface area contributed by atoms with Crippen LogP contribution in [0.15, 0.2) is 59.6 Å². The lowest BCUT2D eigenvalue weighted by atomic mass is 10.1. The average Bonchev–Trinajstić information content (AvgIpc) is 3.38. The first-order valence-corrected chi connectivity index (χ1v) is 13.0. The predicted molar refractivity (Wildman–Crippen MR) is 158 cm³/mol. The number of phenols is 1. The summed E-state index contributed by atoms with van der Waals surface area (Å²) < 4.78 is 21.8. The first kappa shape index (κ1) is 30.1. The van der Waals surface area contributed by atoms with Gasteiger partial charge in [-0.15, -0.1) is 0 Å². The summed E-state index contributed by atoms with van der Waals surface area (Å²) in [7, 11) is 3.20. The summed E-state index contributed by atoms with van der Waals surface area (Å²) in [6, 6.07) is 15.4. The summed E-state index contributed by atoms with van der Waals surface area (Å²) in [6.45, 7) is 3.55. The van der Waals surface area contributed by atoms with E-state index in [4.69, 9.17) is 24.7 Å². The van der Waals surface area contributed by atoms with Gasteiger partial charge in [-0.2, -0.15) is 0 Å². The average molecular weight is 550 g/mol. The highest BCUT2D eigenvalue weighted by atomic mass is 16.5. The van der Waals surface area contributed by atoms with Crippen LogP contribution in [0.1, 0.15) is 50.4 Å². The summed E-state index contributed by atoms with van der Waals surface area (Å²) in [5, 5.41) is 9.34. The van der Waals surface area contributed by atoms with E-state index in [2.05, 4.69) is 11.9 Å². The predicted octanol–water partition coefficient (Wildman–Crippen LogP) is 6.61. The number of nitrogens with two attached hydrogens (primary N) is 1. The number of unbranched alkanes of at least 4 members (excludes halogenated alkanes) is 1. The molecule has 5 rings (SSSR count). The van der Waals surface area contributed by atoms with Crippen molar-refractivity contribution in [1.82, 2.24) is 4.90 Å². The molecule has 9 heteroatoms. The summed E-state index contributed by atoms with van der Waals surface area (Å²) >= 11 is 0. The quantitative estimate of drug-likeness (QED) is 0.185. The van der Waals surface area contributed by atoms with E-state index < -0.39 is 0 Å². The van der Waals surface area contributed by atoms with Gasteiger partial charge in [0.15, 0.2) is 17.2 Å². The van der Waals surface area contributed by atoms with E-state index in [1.165, 1.54) is 12.1 Å². The molecule has 9 nitrogen and oxygen atoms in total. The van der Waals surface area contributed by atoms with Crippen LogP contribution in [-0.2, 0) is 0 Å². The Morgan fingerprint density at radius 1 is 1.00 bits per heavy atom. The Hall–Kier alpha value is -4.40. The Kier molecular flexibility index (Phi) is 10.6. The molecule has 3 N–H and O–H groups in total. The van der Waals surface area contributed by atoms with Crippen molar-refractivity contribution in [2.24, 2.45) is 4.99 Å². The third kappa shape index (κ3) is 7.16. The molecular weight excluding hydrogens is 510 g/mol. The minimum absolute atomic E-state index is 0. The van der Waals surface area contributed by atoms with Gasteiger partial charge < -0.3 is 34.7 Å². The lowest BCUT2D eigenvalue weighted by Gasteiger charge is -2.20. The molecule has 2 aliphatic heterocycles. The fourth-order valence-electron chi connectivity index (χ4n) is 4.33. The monoisotopic (exact) mass is 549 g/mol. The number of methoxy groups -OCH3 is 2. The minimum atomic E-state index is 0. The number of anilines is 1. The van der Waals surface area contributed by atoms with Gasteiger partial charge >= 0.3 is 0 Å². The van der Waals surface area contributed by atoms with Gasteiger partial charge in [0.2, 0.25) is 0 Å². The summed E-state index contributed by atoms with van der Waals surface area (Å²) in [5.41, 5.74) is 7.47. The number of carbonyl (C=O) groups is 1. The van der Waals surface area contributed by atoms with E-state index >= 15 is 0 Å². The Balaban J connectivity index is 0.000000222. The molecule has 1 saturated heterocycles. The zero-order valence-electron chi connectivity index (χ0n) is 22.6. The van der Waals surface area contributed by atoms with E-state index in [9.17, 15) is 9.90 Å². The molecule has 1 atom stereocenters. The molecule has 214 valence electrons. The van der Waals surface area contributed by atoms with Crippen LogP contribution in [0.25, 0.3) is 0 Å². The Morgan fingerprint density at radius 3 is 2.45 bits per heavy atom. The Bertz CT molecular complexity index is 1310. The van der Waals surface area contributed by atoms with Crippen molar-refractivity contribution in [3.8, 4) is 34.5 Å². The molecule has 1 fully saturated rings. The van der Waals surface area contributed by atoms with Gasteiger partial charge in [-0.05, 0) is 61.7 Å². The third-order valence-electron chi connectivity index (χ3n) is 6.50. The van der Waals surface area contributed by atoms with Crippen LogP contribution in [0, 0.1) is 0 Å². The largest absolute Gasteiger partial charge is 0.508 e. The SMILES string of the molecule is C.CCCCOc1cc2c(cc1OC)C(=O)N1CCCC1C=N2.COc1ccc(Oc2cc(O)ccc2N)cc1. The standard InChI is InChI=1S/C17H22N2O3.C13H13NO3.CH4/c1-3-4-8-22-16-10-14-13(9-15(16)21-2)17(20)19-7-5-6-12(19)11-18-14;1-16-10-3-5-11(6-4-10)17-13-8-9(15)2-7-12(13)14;/h9-12H,3-8H2,1-2H3;2-8,15H,14H2,1H3;1H4. The van der Waals surface area contributed by atoms with Crippen LogP contribution in [0.4, 0.5) is 11.4 Å². The Morgan fingerprint density at radius 2 is 1.75 bits per heavy atom. The number of phenolic OH excluding ortho intramolecular Hbond substituents is 1. The molecule has 3 aromatic rings. The molecule has 0 radical (unpaired) electrons. The summed E-state index contributed by atoms with van der Waals surface area (Å²) in [6.07, 6.45) is 5.96. The summed E-state index contributed by atoms with van der Waals surface area (Å²) in [5.74, 6) is 3.20. The number of fused-ring (bicyclic) bond motifs is 2. The van der Waals surface area contributed by atoms with E-state index in [0.29, 0.717) is 46.5 Å². The van der Waals surface area contributed by atoms with Crippen molar-refractivity contribution >= 4 is 23.5 Å². The van der Waals surface area contributed by atoms with Crippen molar-refractivity contribution < 1.29 is 28.8 Å². The number of hydrogen-bond donors (Lipinski definition) is 2. The van der Waals surface area contributed by atoms with Crippen molar-refractivity contribution in [3.63, 3.8) is 0 Å². The second-order valence-corrected chi connectivity index (χ2v) is 9.21. The number of ether oxygens (including phenoxy) is 4. The maximum absolute atomic E-state index is 12.7. The lowest BCUT2D eigenvalue weighted by Crippen LogP contribution is -2.35. The van der Waals surface area contributed by atoms with E-state index in [-0.39, 0.29) is 25.1 Å². The normalized spacial score (nSPS) is 15.0. The zero-order valence-corrected chi connectivity index (χ0v) is 22.6. The van der Waals surface area contributed by atoms with Crippen molar-refractivity contribution in [1.29, 1.82) is 0 Å². The van der Waals surface area contributed by atoms with Crippen molar-refractivity contribution in [2.45, 2.75) is 46.1 Å². The van der Waals surface area contributed by atoms with Gasteiger partial charge in [0.1, 0.15) is 17.2 Å². The van der Waals surface area contributed by atoms with Gasteiger partial charge in [-0.3, -0.25) is 9.79 Å². The number of nitrogen functional groups attached to an aromatic ring is 1. The molecular formula is C31H39N3O6. The fraction of sp³-hybridized carbons (Fsp3) is 0.355. The first-order chi connectivity index (χ1) is 18.9. The van der Waals surface area contributed by atoms with Gasteiger partial charge in [-0.25, -0.2) is 0 Å². The number of carbonyl (C=O) groups excluding carboxylic acids is 1. The number of rotatable bonds is 8. The molecule has 1 amide bonds. The van der Waals surface area contributed by atoms with Crippen molar-refractivity contribution in [2.75, 3.05) is 33.1 Å². The Labute approximate surface area is 236 Å². The second kappa shape index (κ2) is 14.1. The fourth-order valence-corrected chi connectivity index (χ4v) is 4.33. The smallest absolute Gasteiger partial charge is 0.256 e. The van der Waals surface area contributed by atoms with Crippen LogP contribution < -0.4 is 24.7 Å². The zero-order chi connectivity index (χ0) is 27.8. The summed E-state index contributed by atoms with van der Waals surface area (Å²) in [4.78, 5) is 19.1. The number of benzene rings is 3. The molecule has 0 bridgehead atoms. The highest BCUT2D eigenvalue weighted by Gasteiger charge is 2.32. The number of aromatic hydroxyl groups is 1. The van der Waals surface area contributed by atoms with Crippen molar-refractivity contribution in [3.05, 3.63) is 60.2 Å². The maximum Gasteiger partial charge on any atom is 0.256 e. The number of amides is 1. The molecule has 2 heterocycles. The molecule has 2 aliphatic rings. The highest BCUT2D eigenvalue weighted by molar-refractivity contribution is 6.03. The van der Waals surface area contributed by atoms with Crippen LogP contribution in [0.2, 0.25) is 0 Å². The van der Waals surface area contributed by atoms with Crippen LogP contribution in [0.5, 0.6) is 34.5 Å². The van der Waals surface area contributed by atoms with E-state index in [0.717, 1.165) is 38.0 Å². The molecule has 0 saturated carbocycles. The van der Waals surface area contributed by atoms with Gasteiger partial charge in [-0.1, -0.05) is 20.8 Å². The van der Waals surface area contributed by atoms with Crippen LogP contribution >= 0.6 is 0 Å². The van der Waals surface area contributed by atoms with Gasteiger partial charge in [0.25, 0.3) is 5.91 Å². The molecule has 1 unspecified atom stereocenters. The second-order valence-electron chi connectivity index (χ2n) is 9.21. The number of hydrogen-bond acceptors (Lipinski definition) is 8. The van der Waals surface area contributed by atoms with Crippen LogP contribution in [0.3, 0.4) is 0 Å². The molecule has 40 heavy (non-hydrogen) atoms. The number of aliphatic imine (C=N–C) groups is 1. The molecule has 0 aliphatic carbocycles. The van der Waals surface area contributed by atoms with Crippen LogP contribution in [-0.4, -0.2) is 55.5 Å². The van der Waals surface area contributed by atoms with Gasteiger partial charge in [0, 0.05) is 24.9 Å². The molecule has 0 aromatic heterocycles. The maximum atomic E-state index is 12.7. The number of nitrogens with zero attached hydrogens (tertiary/aromatic N) is 2. The highest BCUT2D eigenvalue weighted by Crippen LogP contribution is 2.38.